The van der Waals surface area contributed by atoms with E-state index in [-0.39, 0.29) is 0 Å². The molecule has 3 aromatic rings. The number of nitrogen functional groups attached to an aromatic ring is 1. The summed E-state index contributed by atoms with van der Waals surface area (Å²) in [4.78, 5) is 19.9. The number of carbonyl (C=O) groups is 1. The van der Waals surface area contributed by atoms with Crippen LogP contribution >= 0.6 is 11.3 Å². The molecule has 0 radical (unpaired) electrons. The molecule has 0 aliphatic carbocycles. The Bertz CT molecular complexity index is 886. The number of primary amides is 1. The van der Waals surface area contributed by atoms with Gasteiger partial charge in [-0.25, -0.2) is 14.8 Å². The van der Waals surface area contributed by atoms with Crippen LogP contribution in [0.25, 0.3) is 21.3 Å². The van der Waals surface area contributed by atoms with E-state index in [1.54, 1.807) is 11.3 Å². The molecule has 7 nitrogen and oxygen atoms in total. The number of hydrogen-bond donors (Lipinski definition) is 2. The normalized spacial score (nSPS) is 11.4. The van der Waals surface area contributed by atoms with Crippen molar-refractivity contribution in [1.82, 2.24) is 14.5 Å². The highest BCUT2D eigenvalue weighted by Gasteiger charge is 2.17. The Hall–Kier alpha value is -2.35. The number of pyridine rings is 1. The largest absolute Gasteiger partial charge is 0.450 e. The first kappa shape index (κ1) is 17.5. The molecule has 0 fully saturated rings. The first-order valence-electron chi connectivity index (χ1n) is 8.55. The summed E-state index contributed by atoms with van der Waals surface area (Å²) in [6.45, 7) is 3.31. The Morgan fingerprint density at radius 3 is 2.92 bits per heavy atom. The molecule has 4 N–H and O–H groups in total. The highest BCUT2D eigenvalue weighted by molar-refractivity contribution is 7.18. The zero-order valence-corrected chi connectivity index (χ0v) is 15.1. The molecule has 0 aliphatic rings. The molecule has 3 heterocycles. The van der Waals surface area contributed by atoms with E-state index in [0.29, 0.717) is 12.4 Å². The molecule has 0 spiro atoms. The third-order valence-electron chi connectivity index (χ3n) is 4.16. The minimum atomic E-state index is -0.726. The Labute approximate surface area is 150 Å². The van der Waals surface area contributed by atoms with Gasteiger partial charge < -0.3 is 20.8 Å². The molecule has 0 aliphatic heterocycles. The monoisotopic (exact) mass is 361 g/mol. The Kier molecular flexibility index (Phi) is 5.37. The second kappa shape index (κ2) is 7.69. The minimum absolute atomic E-state index is 0.338. The number of carbonyl (C=O) groups excluding carboxylic acids is 1. The van der Waals surface area contributed by atoms with E-state index in [1.807, 2.05) is 11.4 Å². The zero-order valence-electron chi connectivity index (χ0n) is 14.3. The van der Waals surface area contributed by atoms with Gasteiger partial charge in [-0.2, -0.15) is 0 Å². The summed E-state index contributed by atoms with van der Waals surface area (Å²) in [5.74, 6) is 1.52. The Balaban J connectivity index is 1.93. The van der Waals surface area contributed by atoms with Crippen molar-refractivity contribution in [2.45, 2.75) is 45.6 Å². The number of ether oxygens (including phenoxy) is 1. The summed E-state index contributed by atoms with van der Waals surface area (Å²) < 4.78 is 8.18. The summed E-state index contributed by atoms with van der Waals surface area (Å²) in [6.07, 6.45) is 4.00. The number of aryl methyl sites for hydroxylation is 2. The van der Waals surface area contributed by atoms with Crippen molar-refractivity contribution in [1.29, 1.82) is 0 Å². The fraction of sp³-hybridized carbons (Fsp3) is 0.471. The molecule has 0 aromatic carbocycles. The molecule has 3 rings (SSSR count). The van der Waals surface area contributed by atoms with Crippen LogP contribution in [0.5, 0.6) is 0 Å². The van der Waals surface area contributed by atoms with Crippen LogP contribution in [0, 0.1) is 0 Å². The van der Waals surface area contributed by atoms with E-state index in [4.69, 9.17) is 21.2 Å². The van der Waals surface area contributed by atoms with Gasteiger partial charge in [-0.1, -0.05) is 13.3 Å². The van der Waals surface area contributed by atoms with E-state index in [1.165, 1.54) is 0 Å². The number of hydrogen-bond acceptors (Lipinski definition) is 6. The summed E-state index contributed by atoms with van der Waals surface area (Å²) >= 11 is 1.66. The quantitative estimate of drug-likeness (QED) is 0.597. The van der Waals surface area contributed by atoms with Crippen molar-refractivity contribution in [3.8, 4) is 0 Å². The summed E-state index contributed by atoms with van der Waals surface area (Å²) in [7, 11) is 0. The average Bonchev–Trinajstić information content (AvgIpc) is 3.17. The standard InChI is InChI=1S/C17H23N5O2S/c1-2-3-6-12-21-13-14(15-11(7-10-25-15)20-16(13)18)22(12)8-4-5-9-24-17(19)23/h7,10H,2-6,8-9H2,1H3,(H2,18,20)(H2,19,23). The molecule has 0 saturated carbocycles. The van der Waals surface area contributed by atoms with Crippen LogP contribution in [0.2, 0.25) is 0 Å². The van der Waals surface area contributed by atoms with Crippen molar-refractivity contribution in [2.75, 3.05) is 12.3 Å². The van der Waals surface area contributed by atoms with Crippen LogP contribution in [0.15, 0.2) is 11.4 Å². The second-order valence-corrected chi connectivity index (χ2v) is 6.90. The number of aromatic nitrogens is 3. The number of unbranched alkanes of at least 4 members (excludes halogenated alkanes) is 2. The van der Waals surface area contributed by atoms with Gasteiger partial charge in [-0.05, 0) is 30.7 Å². The summed E-state index contributed by atoms with van der Waals surface area (Å²) in [5, 5.41) is 2.03. The van der Waals surface area contributed by atoms with Crippen LogP contribution in [-0.4, -0.2) is 27.2 Å². The van der Waals surface area contributed by atoms with E-state index < -0.39 is 6.09 Å². The number of imidazole rings is 1. The van der Waals surface area contributed by atoms with Gasteiger partial charge in [0.25, 0.3) is 0 Å². The topological polar surface area (TPSA) is 109 Å². The maximum atomic E-state index is 10.7. The number of fused-ring (bicyclic) bond motifs is 3. The average molecular weight is 361 g/mol. The van der Waals surface area contributed by atoms with Gasteiger partial charge >= 0.3 is 6.09 Å². The number of anilines is 1. The third kappa shape index (κ3) is 3.68. The molecule has 134 valence electrons. The fourth-order valence-corrected chi connectivity index (χ4v) is 3.86. The zero-order chi connectivity index (χ0) is 17.8. The molecule has 25 heavy (non-hydrogen) atoms. The van der Waals surface area contributed by atoms with Crippen LogP contribution < -0.4 is 11.5 Å². The predicted molar refractivity (Wildman–Crippen MR) is 101 cm³/mol. The fourth-order valence-electron chi connectivity index (χ4n) is 2.97. The number of rotatable bonds is 8. The SMILES string of the molecule is CCCCc1nc2c(N)nc3ccsc3c2n1CCCCOC(N)=O. The van der Waals surface area contributed by atoms with Gasteiger partial charge in [-0.15, -0.1) is 11.3 Å². The van der Waals surface area contributed by atoms with Crippen molar-refractivity contribution < 1.29 is 9.53 Å². The molecule has 1 amide bonds. The van der Waals surface area contributed by atoms with Crippen molar-refractivity contribution in [3.63, 3.8) is 0 Å². The number of amides is 1. The smallest absolute Gasteiger partial charge is 0.404 e. The summed E-state index contributed by atoms with van der Waals surface area (Å²) in [5.41, 5.74) is 13.9. The van der Waals surface area contributed by atoms with Gasteiger partial charge in [0.1, 0.15) is 11.3 Å². The van der Waals surface area contributed by atoms with Crippen LogP contribution in [0.4, 0.5) is 10.6 Å². The summed E-state index contributed by atoms with van der Waals surface area (Å²) in [6, 6.07) is 1.99. The maximum Gasteiger partial charge on any atom is 0.404 e. The molecule has 0 saturated heterocycles. The van der Waals surface area contributed by atoms with E-state index in [9.17, 15) is 4.79 Å². The van der Waals surface area contributed by atoms with Gasteiger partial charge in [0.15, 0.2) is 5.82 Å². The predicted octanol–water partition coefficient (Wildman–Crippen LogP) is 3.45. The number of nitrogens with zero attached hydrogens (tertiary/aromatic N) is 3. The molecule has 0 unspecified atom stereocenters. The Morgan fingerprint density at radius 2 is 2.16 bits per heavy atom. The highest BCUT2D eigenvalue weighted by Crippen LogP contribution is 2.32. The second-order valence-electron chi connectivity index (χ2n) is 5.99. The lowest BCUT2D eigenvalue weighted by Crippen LogP contribution is -2.14. The van der Waals surface area contributed by atoms with Crippen molar-refractivity contribution in [2.24, 2.45) is 5.73 Å². The van der Waals surface area contributed by atoms with Crippen LogP contribution in [0.1, 0.15) is 38.4 Å². The first-order chi connectivity index (χ1) is 12.1. The Morgan fingerprint density at radius 1 is 1.32 bits per heavy atom. The molecule has 0 bridgehead atoms. The molecule has 0 atom stereocenters. The lowest BCUT2D eigenvalue weighted by atomic mass is 10.2. The number of thiophene rings is 1. The van der Waals surface area contributed by atoms with Gasteiger partial charge in [0.05, 0.1) is 22.3 Å². The molecular weight excluding hydrogens is 338 g/mol. The highest BCUT2D eigenvalue weighted by atomic mass is 32.1. The van der Waals surface area contributed by atoms with Crippen molar-refractivity contribution in [3.05, 3.63) is 17.3 Å². The molecule has 3 aromatic heterocycles. The van der Waals surface area contributed by atoms with Crippen LogP contribution in [-0.2, 0) is 17.7 Å². The van der Waals surface area contributed by atoms with Gasteiger partial charge in [0.2, 0.25) is 0 Å². The lowest BCUT2D eigenvalue weighted by Gasteiger charge is -2.10. The third-order valence-corrected chi connectivity index (χ3v) is 5.07. The van der Waals surface area contributed by atoms with Crippen LogP contribution in [0.3, 0.4) is 0 Å². The van der Waals surface area contributed by atoms with E-state index in [2.05, 4.69) is 16.5 Å². The lowest BCUT2D eigenvalue weighted by molar-refractivity contribution is 0.154. The van der Waals surface area contributed by atoms with E-state index >= 15 is 0 Å². The van der Waals surface area contributed by atoms with Gasteiger partial charge in [0, 0.05) is 13.0 Å². The van der Waals surface area contributed by atoms with Gasteiger partial charge in [-0.3, -0.25) is 0 Å². The maximum absolute atomic E-state index is 10.7. The first-order valence-corrected chi connectivity index (χ1v) is 9.43. The minimum Gasteiger partial charge on any atom is -0.450 e. The number of nitrogens with two attached hydrogens (primary N) is 2. The molecular formula is C17H23N5O2S. The van der Waals surface area contributed by atoms with Crippen molar-refractivity contribution >= 4 is 44.5 Å². The van der Waals surface area contributed by atoms with E-state index in [0.717, 1.165) is 65.7 Å². The molecule has 8 heteroatoms.